The molecule has 1 heterocycles. The van der Waals surface area contributed by atoms with E-state index in [4.69, 9.17) is 0 Å². The molecule has 1 aliphatic heterocycles. The summed E-state index contributed by atoms with van der Waals surface area (Å²) in [5, 5.41) is 3.31. The molecule has 0 saturated carbocycles. The number of halogens is 2. The molecule has 1 aromatic rings. The number of benzene rings is 1. The van der Waals surface area contributed by atoms with E-state index in [1.165, 1.54) is 0 Å². The molecule has 5 nitrogen and oxygen atoms in total. The molecule has 1 aliphatic rings. The van der Waals surface area contributed by atoms with Gasteiger partial charge in [-0.1, -0.05) is 17.7 Å². The Kier molecular flexibility index (Phi) is 10.3. The zero-order valence-electron chi connectivity index (χ0n) is 13.7. The van der Waals surface area contributed by atoms with E-state index >= 15 is 0 Å². The average molecular weight is 384 g/mol. The molecule has 0 radical (unpaired) electrons. The number of aryl methyl sites for hydroxylation is 2. The Morgan fingerprint density at radius 1 is 1.17 bits per heavy atom. The van der Waals surface area contributed by atoms with Gasteiger partial charge in [-0.2, -0.15) is 0 Å². The van der Waals surface area contributed by atoms with Crippen LogP contribution in [0, 0.1) is 13.8 Å². The van der Waals surface area contributed by atoms with E-state index in [1.54, 1.807) is 6.07 Å². The largest absolute Gasteiger partial charge is 0.314 e. The molecule has 1 aromatic carbocycles. The maximum Gasteiger partial charge on any atom is 0.240 e. The monoisotopic (exact) mass is 383 g/mol. The molecule has 0 spiro atoms. The van der Waals surface area contributed by atoms with Crippen molar-refractivity contribution in [3.63, 3.8) is 0 Å². The molecule has 1 fully saturated rings. The van der Waals surface area contributed by atoms with Crippen LogP contribution in [0.15, 0.2) is 23.1 Å². The minimum Gasteiger partial charge on any atom is -0.314 e. The highest BCUT2D eigenvalue weighted by Crippen LogP contribution is 2.16. The summed E-state index contributed by atoms with van der Waals surface area (Å²) in [5.41, 5.74) is 1.87. The smallest absolute Gasteiger partial charge is 0.240 e. The van der Waals surface area contributed by atoms with Gasteiger partial charge in [-0.3, -0.25) is 0 Å². The first-order chi connectivity index (χ1) is 9.99. The predicted octanol–water partition coefficient (Wildman–Crippen LogP) is 1.72. The summed E-state index contributed by atoms with van der Waals surface area (Å²) >= 11 is 0. The van der Waals surface area contributed by atoms with Crippen molar-refractivity contribution in [3.05, 3.63) is 29.3 Å². The second-order valence-corrected chi connectivity index (χ2v) is 7.35. The topological polar surface area (TPSA) is 61.4 Å². The molecule has 2 N–H and O–H groups in total. The third-order valence-electron chi connectivity index (χ3n) is 3.77. The van der Waals surface area contributed by atoms with Crippen molar-refractivity contribution in [1.29, 1.82) is 0 Å². The normalized spacial score (nSPS) is 15.6. The van der Waals surface area contributed by atoms with Crippen LogP contribution < -0.4 is 10.0 Å². The number of piperazine rings is 1. The quantitative estimate of drug-likeness (QED) is 0.734. The molecule has 0 aliphatic carbocycles. The van der Waals surface area contributed by atoms with Crippen LogP contribution in [0.1, 0.15) is 17.5 Å². The Labute approximate surface area is 152 Å². The van der Waals surface area contributed by atoms with E-state index in [-0.39, 0.29) is 24.8 Å². The van der Waals surface area contributed by atoms with Crippen molar-refractivity contribution in [2.24, 2.45) is 0 Å². The fraction of sp³-hybridized carbons (Fsp3) is 0.600. The fourth-order valence-electron chi connectivity index (χ4n) is 2.62. The van der Waals surface area contributed by atoms with Gasteiger partial charge in [0.05, 0.1) is 4.90 Å². The molecule has 8 heteroatoms. The second-order valence-electron chi connectivity index (χ2n) is 5.61. The molecule has 0 aromatic heterocycles. The standard InChI is InChI=1S/C15H25N3O2S.2ClH/c1-13-4-5-15(14(2)12-13)21(19,20)17-6-3-9-18-10-7-16-8-11-18;;/h4-5,12,16-17H,3,6-11H2,1-2H3;2*1H. The van der Waals surface area contributed by atoms with Crippen LogP contribution in [0.3, 0.4) is 0 Å². The number of nitrogens with one attached hydrogen (secondary N) is 2. The van der Waals surface area contributed by atoms with Gasteiger partial charge < -0.3 is 10.2 Å². The van der Waals surface area contributed by atoms with Crippen LogP contribution in [0.5, 0.6) is 0 Å². The van der Waals surface area contributed by atoms with Gasteiger partial charge in [0, 0.05) is 32.7 Å². The molecule has 2 rings (SSSR count). The number of sulfonamides is 1. The molecule has 0 amide bonds. The molecular formula is C15H27Cl2N3O2S. The minimum absolute atomic E-state index is 0. The van der Waals surface area contributed by atoms with Crippen molar-refractivity contribution in [2.45, 2.75) is 25.2 Å². The van der Waals surface area contributed by atoms with Gasteiger partial charge in [0.15, 0.2) is 0 Å². The van der Waals surface area contributed by atoms with Gasteiger partial charge in [-0.05, 0) is 38.4 Å². The number of rotatable bonds is 6. The summed E-state index contributed by atoms with van der Waals surface area (Å²) in [6.45, 7) is 9.36. The minimum atomic E-state index is -3.39. The Morgan fingerprint density at radius 2 is 1.83 bits per heavy atom. The Hall–Kier alpha value is -0.370. The van der Waals surface area contributed by atoms with Crippen molar-refractivity contribution >= 4 is 34.8 Å². The van der Waals surface area contributed by atoms with Gasteiger partial charge in [-0.15, -0.1) is 24.8 Å². The van der Waals surface area contributed by atoms with Crippen molar-refractivity contribution in [2.75, 3.05) is 39.3 Å². The average Bonchev–Trinajstić information content (AvgIpc) is 2.44. The Bertz CT molecular complexity index is 576. The lowest BCUT2D eigenvalue weighted by Crippen LogP contribution is -2.44. The summed E-state index contributed by atoms with van der Waals surface area (Å²) < 4.78 is 27.3. The van der Waals surface area contributed by atoms with E-state index in [0.29, 0.717) is 11.4 Å². The maximum atomic E-state index is 12.3. The zero-order chi connectivity index (χ0) is 15.3. The van der Waals surface area contributed by atoms with Crippen molar-refractivity contribution < 1.29 is 8.42 Å². The highest BCUT2D eigenvalue weighted by Gasteiger charge is 2.16. The van der Waals surface area contributed by atoms with E-state index in [1.807, 2.05) is 26.0 Å². The summed E-state index contributed by atoms with van der Waals surface area (Å²) in [6.07, 6.45) is 0.837. The first-order valence-corrected chi connectivity index (χ1v) is 8.97. The van der Waals surface area contributed by atoms with Crippen molar-refractivity contribution in [1.82, 2.24) is 14.9 Å². The van der Waals surface area contributed by atoms with Crippen LogP contribution >= 0.6 is 24.8 Å². The van der Waals surface area contributed by atoms with Crippen LogP contribution in [0.25, 0.3) is 0 Å². The first kappa shape index (κ1) is 22.6. The molecule has 0 atom stereocenters. The van der Waals surface area contributed by atoms with Crippen LogP contribution in [0.2, 0.25) is 0 Å². The lowest BCUT2D eigenvalue weighted by atomic mass is 10.2. The predicted molar refractivity (Wildman–Crippen MR) is 99.5 cm³/mol. The SMILES string of the molecule is Cc1ccc(S(=O)(=O)NCCCN2CCNCC2)c(C)c1.Cl.Cl. The highest BCUT2D eigenvalue weighted by atomic mass is 35.5. The molecular weight excluding hydrogens is 357 g/mol. The lowest BCUT2D eigenvalue weighted by Gasteiger charge is -2.27. The summed E-state index contributed by atoms with van der Waals surface area (Å²) in [5.74, 6) is 0. The molecule has 23 heavy (non-hydrogen) atoms. The van der Waals surface area contributed by atoms with Crippen LogP contribution in [0.4, 0.5) is 0 Å². The van der Waals surface area contributed by atoms with Gasteiger partial charge in [0.25, 0.3) is 0 Å². The molecule has 1 saturated heterocycles. The molecule has 0 unspecified atom stereocenters. The number of nitrogens with zero attached hydrogens (tertiary/aromatic N) is 1. The number of hydrogen-bond acceptors (Lipinski definition) is 4. The summed E-state index contributed by atoms with van der Waals surface area (Å²) in [7, 11) is -3.39. The Morgan fingerprint density at radius 3 is 2.43 bits per heavy atom. The van der Waals surface area contributed by atoms with Crippen LogP contribution in [-0.4, -0.2) is 52.6 Å². The summed E-state index contributed by atoms with van der Waals surface area (Å²) in [6, 6.07) is 5.42. The van der Waals surface area contributed by atoms with E-state index in [9.17, 15) is 8.42 Å². The lowest BCUT2D eigenvalue weighted by molar-refractivity contribution is 0.239. The zero-order valence-corrected chi connectivity index (χ0v) is 16.1. The molecule has 0 bridgehead atoms. The first-order valence-electron chi connectivity index (χ1n) is 7.49. The van der Waals surface area contributed by atoms with Crippen LogP contribution in [-0.2, 0) is 10.0 Å². The highest BCUT2D eigenvalue weighted by molar-refractivity contribution is 7.89. The third kappa shape index (κ3) is 6.95. The van der Waals surface area contributed by atoms with Gasteiger partial charge in [0.2, 0.25) is 10.0 Å². The number of hydrogen-bond donors (Lipinski definition) is 2. The fourth-order valence-corrected chi connectivity index (χ4v) is 3.92. The second kappa shape index (κ2) is 10.5. The van der Waals surface area contributed by atoms with Gasteiger partial charge in [-0.25, -0.2) is 13.1 Å². The Balaban J connectivity index is 0.00000242. The molecule has 134 valence electrons. The van der Waals surface area contributed by atoms with E-state index in [0.717, 1.165) is 50.3 Å². The van der Waals surface area contributed by atoms with E-state index < -0.39 is 10.0 Å². The van der Waals surface area contributed by atoms with Crippen molar-refractivity contribution in [3.8, 4) is 0 Å². The summed E-state index contributed by atoms with van der Waals surface area (Å²) in [4.78, 5) is 2.75. The maximum absolute atomic E-state index is 12.3. The van der Waals surface area contributed by atoms with Gasteiger partial charge in [0.1, 0.15) is 0 Å². The third-order valence-corrected chi connectivity index (χ3v) is 5.39. The van der Waals surface area contributed by atoms with Gasteiger partial charge >= 0.3 is 0 Å². The van der Waals surface area contributed by atoms with E-state index in [2.05, 4.69) is 14.9 Å².